The molecule has 0 aromatic carbocycles. The molecule has 0 spiro atoms. The minimum Gasteiger partial charge on any atom is -0.505 e. The van der Waals surface area contributed by atoms with Gasteiger partial charge in [-0.25, -0.2) is 0 Å². The van der Waals surface area contributed by atoms with Crippen LogP contribution < -0.4 is 0 Å². The molecule has 1 fully saturated rings. The molecular formula is C15H20Cl2O6. The van der Waals surface area contributed by atoms with Gasteiger partial charge in [0, 0.05) is 20.3 Å². The topological polar surface area (TPSA) is 58.7 Å². The van der Waals surface area contributed by atoms with E-state index in [2.05, 4.69) is 0 Å². The van der Waals surface area contributed by atoms with Gasteiger partial charge >= 0.3 is 0 Å². The molecule has 0 amide bonds. The van der Waals surface area contributed by atoms with Crippen LogP contribution in [-0.2, 0) is 28.4 Å². The molecule has 2 aliphatic rings. The summed E-state index contributed by atoms with van der Waals surface area (Å²) in [5, 5.41) is -0.981. The van der Waals surface area contributed by atoms with Gasteiger partial charge in [0.2, 0.25) is 5.06 Å². The molecule has 1 saturated heterocycles. The summed E-state index contributed by atoms with van der Waals surface area (Å²) in [7, 11) is 4.71. The maximum absolute atomic E-state index is 6.47. The van der Waals surface area contributed by atoms with Crippen molar-refractivity contribution in [3.8, 4) is 0 Å². The van der Waals surface area contributed by atoms with Crippen LogP contribution in [0.5, 0.6) is 0 Å². The van der Waals surface area contributed by atoms with Crippen molar-refractivity contribution in [3.63, 3.8) is 0 Å². The van der Waals surface area contributed by atoms with Gasteiger partial charge in [-0.3, -0.25) is 0 Å². The molecule has 2 atom stereocenters. The van der Waals surface area contributed by atoms with Crippen LogP contribution in [0.1, 0.15) is 0 Å². The molecule has 0 saturated carbocycles. The Hall–Kier alpha value is -0.920. The van der Waals surface area contributed by atoms with E-state index in [9.17, 15) is 0 Å². The quantitative estimate of drug-likeness (QED) is 0.256. The molecule has 0 aromatic rings. The summed E-state index contributed by atoms with van der Waals surface area (Å²) in [5.74, 6) is 0.784. The Bertz CT molecular complexity index is 518. The zero-order valence-corrected chi connectivity index (χ0v) is 14.8. The SMILES string of the molecule is COC=CC12C=C(OCCOC)C(OCCOC)=C(Cl)C1(Cl)O2. The van der Waals surface area contributed by atoms with Crippen LogP contribution in [0.3, 0.4) is 0 Å². The predicted octanol–water partition coefficient (Wildman–Crippen LogP) is 2.52. The number of hydrogen-bond acceptors (Lipinski definition) is 6. The zero-order valence-electron chi connectivity index (χ0n) is 13.3. The summed E-state index contributed by atoms with van der Waals surface area (Å²) in [5.41, 5.74) is -0.918. The van der Waals surface area contributed by atoms with E-state index in [1.165, 1.54) is 13.4 Å². The number of rotatable bonds is 10. The molecule has 0 bridgehead atoms. The van der Waals surface area contributed by atoms with E-state index in [0.717, 1.165) is 0 Å². The molecule has 6 nitrogen and oxygen atoms in total. The standard InChI is InChI=1S/C15H20Cl2O6/c1-18-5-4-14-10-11(21-8-6-19-2)12(22-9-7-20-3)13(16)15(14,17)23-14/h4-5,10H,6-9H2,1-3H3. The van der Waals surface area contributed by atoms with E-state index < -0.39 is 10.7 Å². The van der Waals surface area contributed by atoms with Crippen molar-refractivity contribution in [1.29, 1.82) is 0 Å². The molecule has 23 heavy (non-hydrogen) atoms. The number of hydrogen-bond donors (Lipinski definition) is 0. The molecule has 1 aliphatic carbocycles. The van der Waals surface area contributed by atoms with Gasteiger partial charge in [-0.1, -0.05) is 23.2 Å². The summed E-state index contributed by atoms with van der Waals surface area (Å²) in [4.78, 5) is 0. The predicted molar refractivity (Wildman–Crippen MR) is 85.2 cm³/mol. The number of fused-ring (bicyclic) bond motifs is 1. The van der Waals surface area contributed by atoms with E-state index in [-0.39, 0.29) is 5.03 Å². The first-order valence-electron chi connectivity index (χ1n) is 7.01. The summed E-state index contributed by atoms with van der Waals surface area (Å²) < 4.78 is 31.9. The van der Waals surface area contributed by atoms with Crippen LogP contribution >= 0.6 is 23.2 Å². The monoisotopic (exact) mass is 366 g/mol. The highest BCUT2D eigenvalue weighted by atomic mass is 35.5. The first-order valence-corrected chi connectivity index (χ1v) is 7.76. The van der Waals surface area contributed by atoms with E-state index in [0.29, 0.717) is 37.9 Å². The third-order valence-electron chi connectivity index (χ3n) is 3.35. The van der Waals surface area contributed by atoms with E-state index in [4.69, 9.17) is 51.6 Å². The number of alkyl halides is 1. The molecule has 2 rings (SSSR count). The van der Waals surface area contributed by atoms with Crippen LogP contribution in [0, 0.1) is 0 Å². The Morgan fingerprint density at radius 1 is 1.09 bits per heavy atom. The molecule has 130 valence electrons. The lowest BCUT2D eigenvalue weighted by Gasteiger charge is -2.22. The van der Waals surface area contributed by atoms with Gasteiger partial charge in [0.1, 0.15) is 18.2 Å². The summed E-state index contributed by atoms with van der Waals surface area (Å²) >= 11 is 12.9. The van der Waals surface area contributed by atoms with Crippen molar-refractivity contribution in [2.75, 3.05) is 47.8 Å². The third kappa shape index (κ3) is 3.61. The van der Waals surface area contributed by atoms with Gasteiger partial charge in [-0.15, -0.1) is 0 Å². The highest BCUT2D eigenvalue weighted by Gasteiger charge is 2.72. The van der Waals surface area contributed by atoms with Crippen LogP contribution in [-0.4, -0.2) is 58.4 Å². The van der Waals surface area contributed by atoms with Crippen molar-refractivity contribution in [3.05, 3.63) is 35.0 Å². The number of methoxy groups -OCH3 is 3. The van der Waals surface area contributed by atoms with Gasteiger partial charge in [0.05, 0.1) is 26.6 Å². The van der Waals surface area contributed by atoms with Gasteiger partial charge in [0.25, 0.3) is 0 Å². The van der Waals surface area contributed by atoms with Crippen molar-refractivity contribution in [1.82, 2.24) is 0 Å². The van der Waals surface area contributed by atoms with E-state index >= 15 is 0 Å². The van der Waals surface area contributed by atoms with Crippen molar-refractivity contribution < 1.29 is 28.4 Å². The van der Waals surface area contributed by atoms with Crippen LogP contribution in [0.15, 0.2) is 35.0 Å². The average molecular weight is 367 g/mol. The van der Waals surface area contributed by atoms with Gasteiger partial charge in [-0.2, -0.15) is 0 Å². The van der Waals surface area contributed by atoms with Crippen molar-refractivity contribution in [2.45, 2.75) is 10.7 Å². The second kappa shape index (κ2) is 7.77. The van der Waals surface area contributed by atoms with Crippen LogP contribution in [0.25, 0.3) is 0 Å². The van der Waals surface area contributed by atoms with Crippen LogP contribution in [0.4, 0.5) is 0 Å². The molecule has 2 unspecified atom stereocenters. The largest absolute Gasteiger partial charge is 0.505 e. The molecule has 0 N–H and O–H groups in total. The Labute approximate surface area is 145 Å². The average Bonchev–Trinajstić information content (AvgIpc) is 3.15. The van der Waals surface area contributed by atoms with Gasteiger partial charge < -0.3 is 28.4 Å². The third-order valence-corrected chi connectivity index (χ3v) is 4.45. The normalized spacial score (nSPS) is 29.3. The molecule has 0 aromatic heterocycles. The first kappa shape index (κ1) is 18.4. The summed E-state index contributed by atoms with van der Waals surface area (Å²) in [6, 6.07) is 0. The zero-order chi connectivity index (χ0) is 16.9. The fraction of sp³-hybridized carbons (Fsp3) is 0.600. The van der Waals surface area contributed by atoms with E-state index in [1.807, 2.05) is 0 Å². The summed E-state index contributed by atoms with van der Waals surface area (Å²) in [6.45, 7) is 1.47. The molecular weight excluding hydrogens is 347 g/mol. The second-order valence-electron chi connectivity index (χ2n) is 4.86. The molecule has 1 heterocycles. The lowest BCUT2D eigenvalue weighted by molar-refractivity contribution is 0.0764. The lowest BCUT2D eigenvalue weighted by Crippen LogP contribution is -2.26. The maximum atomic E-state index is 6.47. The van der Waals surface area contributed by atoms with Crippen molar-refractivity contribution in [2.24, 2.45) is 0 Å². The highest BCUT2D eigenvalue weighted by molar-refractivity contribution is 6.41. The molecule has 1 aliphatic heterocycles. The smallest absolute Gasteiger partial charge is 0.219 e. The fourth-order valence-electron chi connectivity index (χ4n) is 2.12. The second-order valence-corrected chi connectivity index (χ2v) is 5.77. The Kier molecular flexibility index (Phi) is 6.22. The summed E-state index contributed by atoms with van der Waals surface area (Å²) in [6.07, 6.45) is 4.88. The number of ether oxygens (including phenoxy) is 6. The van der Waals surface area contributed by atoms with E-state index in [1.54, 1.807) is 26.4 Å². The Morgan fingerprint density at radius 3 is 2.35 bits per heavy atom. The van der Waals surface area contributed by atoms with Crippen molar-refractivity contribution >= 4 is 23.2 Å². The minimum absolute atomic E-state index is 0.228. The van der Waals surface area contributed by atoms with Gasteiger partial charge in [0.15, 0.2) is 17.1 Å². The van der Waals surface area contributed by atoms with Crippen LogP contribution in [0.2, 0.25) is 0 Å². The maximum Gasteiger partial charge on any atom is 0.219 e. The lowest BCUT2D eigenvalue weighted by atomic mass is 9.98. The minimum atomic E-state index is -1.21. The number of epoxide rings is 1. The van der Waals surface area contributed by atoms with Gasteiger partial charge in [-0.05, 0) is 6.08 Å². The Morgan fingerprint density at radius 2 is 1.74 bits per heavy atom. The fourth-order valence-corrected chi connectivity index (χ4v) is 2.79. The molecule has 8 heteroatoms. The Balaban J connectivity index is 2.24. The number of halogens is 2. The first-order chi connectivity index (χ1) is 11.0. The highest BCUT2D eigenvalue weighted by Crippen LogP contribution is 2.63. The molecule has 0 radical (unpaired) electrons.